The predicted octanol–water partition coefficient (Wildman–Crippen LogP) is 2.78. The van der Waals surface area contributed by atoms with E-state index in [1.807, 2.05) is 0 Å². The van der Waals surface area contributed by atoms with Gasteiger partial charge in [0.2, 0.25) is 0 Å². The van der Waals surface area contributed by atoms with Crippen LogP contribution in [0.4, 0.5) is 5.69 Å². The van der Waals surface area contributed by atoms with E-state index >= 15 is 0 Å². The summed E-state index contributed by atoms with van der Waals surface area (Å²) in [6.45, 7) is 0. The fourth-order valence-corrected chi connectivity index (χ4v) is 5.27. The molecule has 22 heavy (non-hydrogen) atoms. The topological polar surface area (TPSA) is 82.5 Å². The van der Waals surface area contributed by atoms with Crippen molar-refractivity contribution in [2.24, 2.45) is 17.8 Å². The molecule has 1 heterocycles. The molecular weight excluding hydrogens is 304 g/mol. The summed E-state index contributed by atoms with van der Waals surface area (Å²) in [5.41, 5.74) is 0.203. The van der Waals surface area contributed by atoms with Gasteiger partial charge in [0.05, 0.1) is 11.3 Å². The highest BCUT2D eigenvalue weighted by atomic mass is 35.5. The summed E-state index contributed by atoms with van der Waals surface area (Å²) in [6.07, 6.45) is 6.12. The van der Waals surface area contributed by atoms with Crippen LogP contribution >= 0.6 is 11.6 Å². The zero-order valence-electron chi connectivity index (χ0n) is 12.1. The lowest BCUT2D eigenvalue weighted by atomic mass is 9.52. The van der Waals surface area contributed by atoms with Gasteiger partial charge < -0.3 is 15.5 Å². The largest absolute Gasteiger partial charge is 0.478 e. The SMILES string of the molecule is O=C(O)c1cnc(Cl)cc1N[C@@H]1[C@@H]2CC3C[C@H]1C[C@@](O)(C3)C2. The molecule has 1 unspecified atom stereocenters. The van der Waals surface area contributed by atoms with Gasteiger partial charge in [-0.2, -0.15) is 0 Å². The molecule has 3 N–H and O–H groups in total. The highest BCUT2D eigenvalue weighted by molar-refractivity contribution is 6.29. The van der Waals surface area contributed by atoms with Crippen molar-refractivity contribution in [3.8, 4) is 0 Å². The third-order valence-electron chi connectivity index (χ3n) is 5.66. The van der Waals surface area contributed by atoms with Crippen LogP contribution in [0, 0.1) is 17.8 Å². The van der Waals surface area contributed by atoms with Gasteiger partial charge in [0, 0.05) is 12.2 Å². The Labute approximate surface area is 133 Å². The molecule has 1 aromatic heterocycles. The molecular formula is C16H19ClN2O3. The number of nitrogens with one attached hydrogen (secondary N) is 1. The van der Waals surface area contributed by atoms with Crippen LogP contribution in [0.2, 0.25) is 5.15 Å². The summed E-state index contributed by atoms with van der Waals surface area (Å²) in [5.74, 6) is 0.435. The summed E-state index contributed by atoms with van der Waals surface area (Å²) >= 11 is 5.93. The van der Waals surface area contributed by atoms with Crippen LogP contribution in [-0.4, -0.2) is 32.8 Å². The number of carboxylic acids is 1. The van der Waals surface area contributed by atoms with E-state index in [1.54, 1.807) is 6.07 Å². The highest BCUT2D eigenvalue weighted by Gasteiger charge is 2.54. The molecule has 4 fully saturated rings. The smallest absolute Gasteiger partial charge is 0.339 e. The molecule has 0 saturated heterocycles. The Bertz CT molecular complexity index is 620. The molecule has 4 saturated carbocycles. The van der Waals surface area contributed by atoms with Gasteiger partial charge in [-0.25, -0.2) is 9.78 Å². The van der Waals surface area contributed by atoms with Crippen LogP contribution in [-0.2, 0) is 0 Å². The quantitative estimate of drug-likeness (QED) is 0.745. The second kappa shape index (κ2) is 4.83. The first kappa shape index (κ1) is 14.3. The zero-order chi connectivity index (χ0) is 15.5. The van der Waals surface area contributed by atoms with Crippen LogP contribution in [0.1, 0.15) is 42.5 Å². The first-order chi connectivity index (χ1) is 10.4. The van der Waals surface area contributed by atoms with Gasteiger partial charge in [0.25, 0.3) is 0 Å². The third kappa shape index (κ3) is 2.27. The van der Waals surface area contributed by atoms with Crippen molar-refractivity contribution in [3.63, 3.8) is 0 Å². The Morgan fingerprint density at radius 3 is 2.59 bits per heavy atom. The third-order valence-corrected chi connectivity index (χ3v) is 5.87. The molecule has 4 aliphatic carbocycles. The number of hydrogen-bond acceptors (Lipinski definition) is 4. The van der Waals surface area contributed by atoms with Crippen molar-refractivity contribution in [2.45, 2.75) is 43.7 Å². The van der Waals surface area contributed by atoms with E-state index in [-0.39, 0.29) is 16.8 Å². The van der Waals surface area contributed by atoms with Crippen molar-refractivity contribution in [3.05, 3.63) is 23.0 Å². The van der Waals surface area contributed by atoms with Crippen molar-refractivity contribution >= 4 is 23.3 Å². The first-order valence-electron chi connectivity index (χ1n) is 7.81. The van der Waals surface area contributed by atoms with Crippen molar-refractivity contribution in [2.75, 3.05) is 5.32 Å². The van der Waals surface area contributed by atoms with Gasteiger partial charge in [-0.3, -0.25) is 0 Å². The van der Waals surface area contributed by atoms with Crippen molar-refractivity contribution in [1.29, 1.82) is 0 Å². The maximum atomic E-state index is 11.4. The maximum Gasteiger partial charge on any atom is 0.339 e. The van der Waals surface area contributed by atoms with Crippen LogP contribution in [0.25, 0.3) is 0 Å². The summed E-state index contributed by atoms with van der Waals surface area (Å²) in [6, 6.07) is 1.80. The minimum Gasteiger partial charge on any atom is -0.478 e. The van der Waals surface area contributed by atoms with Crippen LogP contribution < -0.4 is 5.32 Å². The van der Waals surface area contributed by atoms with E-state index in [0.29, 0.717) is 23.4 Å². The number of halogens is 1. The average molecular weight is 323 g/mol. The Hall–Kier alpha value is -1.33. The fourth-order valence-electron chi connectivity index (χ4n) is 5.12. The molecule has 5 nitrogen and oxygen atoms in total. The number of carboxylic acid groups (broad SMARTS) is 1. The zero-order valence-corrected chi connectivity index (χ0v) is 12.9. The number of pyridine rings is 1. The molecule has 5 rings (SSSR count). The lowest BCUT2D eigenvalue weighted by molar-refractivity contribution is -0.129. The molecule has 0 aliphatic heterocycles. The Morgan fingerprint density at radius 2 is 2.00 bits per heavy atom. The molecule has 1 aromatic rings. The number of anilines is 1. The van der Waals surface area contributed by atoms with Crippen LogP contribution in [0.5, 0.6) is 0 Å². The average Bonchev–Trinajstić information content (AvgIpc) is 2.40. The predicted molar refractivity (Wildman–Crippen MR) is 82.1 cm³/mol. The minimum absolute atomic E-state index is 0.150. The second-order valence-electron chi connectivity index (χ2n) is 7.22. The number of carbonyl (C=O) groups is 1. The monoisotopic (exact) mass is 322 g/mol. The Balaban J connectivity index is 1.62. The van der Waals surface area contributed by atoms with E-state index < -0.39 is 11.6 Å². The molecule has 6 heteroatoms. The molecule has 5 atom stereocenters. The Morgan fingerprint density at radius 1 is 1.32 bits per heavy atom. The van der Waals surface area contributed by atoms with E-state index in [0.717, 1.165) is 32.1 Å². The molecule has 0 aromatic carbocycles. The van der Waals surface area contributed by atoms with Gasteiger partial charge >= 0.3 is 5.97 Å². The maximum absolute atomic E-state index is 11.4. The number of aromatic carboxylic acids is 1. The summed E-state index contributed by atoms with van der Waals surface area (Å²) < 4.78 is 0. The molecule has 4 bridgehead atoms. The van der Waals surface area contributed by atoms with Crippen molar-refractivity contribution < 1.29 is 15.0 Å². The van der Waals surface area contributed by atoms with Gasteiger partial charge in [0.1, 0.15) is 10.7 Å². The molecule has 0 amide bonds. The fraction of sp³-hybridized carbons (Fsp3) is 0.625. The van der Waals surface area contributed by atoms with E-state index in [4.69, 9.17) is 11.6 Å². The summed E-state index contributed by atoms with van der Waals surface area (Å²) in [7, 11) is 0. The number of aromatic nitrogens is 1. The lowest BCUT2D eigenvalue weighted by Gasteiger charge is -2.58. The van der Waals surface area contributed by atoms with Crippen LogP contribution in [0.15, 0.2) is 12.3 Å². The number of aliphatic hydroxyl groups is 1. The molecule has 0 radical (unpaired) electrons. The normalized spacial score (nSPS) is 39.0. The Kier molecular flexibility index (Phi) is 3.13. The minimum atomic E-state index is -1.01. The van der Waals surface area contributed by atoms with E-state index in [9.17, 15) is 15.0 Å². The molecule has 118 valence electrons. The number of nitrogens with zero attached hydrogens (tertiary/aromatic N) is 1. The van der Waals surface area contributed by atoms with E-state index in [1.165, 1.54) is 6.20 Å². The van der Waals surface area contributed by atoms with Crippen molar-refractivity contribution in [1.82, 2.24) is 4.98 Å². The number of hydrogen-bond donors (Lipinski definition) is 3. The second-order valence-corrected chi connectivity index (χ2v) is 7.61. The number of rotatable bonds is 3. The molecule has 0 spiro atoms. The van der Waals surface area contributed by atoms with Gasteiger partial charge in [-0.15, -0.1) is 0 Å². The van der Waals surface area contributed by atoms with Crippen LogP contribution in [0.3, 0.4) is 0 Å². The summed E-state index contributed by atoms with van der Waals surface area (Å²) in [5, 5.41) is 23.6. The van der Waals surface area contributed by atoms with Gasteiger partial charge in [-0.1, -0.05) is 11.6 Å². The highest BCUT2D eigenvalue weighted by Crippen LogP contribution is 2.56. The lowest BCUT2D eigenvalue weighted by Crippen LogP contribution is -2.59. The summed E-state index contributed by atoms with van der Waals surface area (Å²) in [4.78, 5) is 15.2. The molecule has 4 aliphatic rings. The first-order valence-corrected chi connectivity index (χ1v) is 8.19. The standard InChI is InChI=1S/C16H19ClN2O3/c17-13-3-12(11(7-18-13)15(20)21)19-14-9-1-8-2-10(14)6-16(22,4-8)5-9/h3,7-10,14,22H,1-2,4-6H2,(H,18,19)(H,20,21)/t8?,9-,10+,14-,16-. The van der Waals surface area contributed by atoms with E-state index in [2.05, 4.69) is 10.3 Å². The van der Waals surface area contributed by atoms with Gasteiger partial charge in [-0.05, 0) is 55.9 Å². The van der Waals surface area contributed by atoms with Gasteiger partial charge in [0.15, 0.2) is 0 Å².